The van der Waals surface area contributed by atoms with Crippen molar-refractivity contribution in [1.29, 1.82) is 0 Å². The number of hydrogen-bond donors (Lipinski definition) is 1. The third-order valence-electron chi connectivity index (χ3n) is 5.02. The summed E-state index contributed by atoms with van der Waals surface area (Å²) in [6.07, 6.45) is 0. The molecule has 5 heteroatoms. The van der Waals surface area contributed by atoms with Gasteiger partial charge in [-0.25, -0.2) is 4.98 Å². The van der Waals surface area contributed by atoms with Gasteiger partial charge in [0, 0.05) is 17.5 Å². The lowest BCUT2D eigenvalue weighted by Crippen LogP contribution is -2.22. The fourth-order valence-corrected chi connectivity index (χ4v) is 4.34. The molecule has 1 heterocycles. The van der Waals surface area contributed by atoms with Crippen molar-refractivity contribution in [2.75, 3.05) is 13.7 Å². The first kappa shape index (κ1) is 21.1. The van der Waals surface area contributed by atoms with Crippen LogP contribution in [0.2, 0.25) is 0 Å². The largest absolute Gasteiger partial charge is 0.493 e. The summed E-state index contributed by atoms with van der Waals surface area (Å²) in [5, 5.41) is 6.76. The Bertz CT molecular complexity index is 1060. The second-order valence-electron chi connectivity index (χ2n) is 7.08. The fourth-order valence-electron chi connectivity index (χ4n) is 3.52. The topological polar surface area (TPSA) is 43.4 Å². The maximum absolute atomic E-state index is 5.62. The Hall–Kier alpha value is -3.15. The van der Waals surface area contributed by atoms with Crippen molar-refractivity contribution in [3.63, 3.8) is 0 Å². The van der Waals surface area contributed by atoms with Crippen LogP contribution in [0.15, 0.2) is 84.2 Å². The Morgan fingerprint density at radius 3 is 2.19 bits per heavy atom. The first-order valence-corrected chi connectivity index (χ1v) is 11.3. The van der Waals surface area contributed by atoms with Crippen LogP contribution in [0.4, 0.5) is 0 Å². The van der Waals surface area contributed by atoms with E-state index in [1.807, 2.05) is 37.3 Å². The van der Waals surface area contributed by atoms with E-state index < -0.39 is 0 Å². The summed E-state index contributed by atoms with van der Waals surface area (Å²) in [5.74, 6) is 1.48. The summed E-state index contributed by atoms with van der Waals surface area (Å²) in [6.45, 7) is 3.25. The maximum atomic E-state index is 5.62. The maximum Gasteiger partial charge on any atom is 0.161 e. The molecule has 4 rings (SSSR count). The van der Waals surface area contributed by atoms with Crippen LogP contribution in [-0.2, 0) is 6.54 Å². The molecule has 1 aromatic heterocycles. The molecule has 0 aliphatic heterocycles. The van der Waals surface area contributed by atoms with Crippen molar-refractivity contribution in [3.05, 3.63) is 101 Å². The van der Waals surface area contributed by atoms with Gasteiger partial charge in [-0.05, 0) is 36.2 Å². The van der Waals surface area contributed by atoms with E-state index in [2.05, 4.69) is 59.2 Å². The Morgan fingerprint density at radius 2 is 1.58 bits per heavy atom. The van der Waals surface area contributed by atoms with Gasteiger partial charge in [0.05, 0.1) is 25.5 Å². The van der Waals surface area contributed by atoms with Crippen LogP contribution in [0.25, 0.3) is 10.6 Å². The van der Waals surface area contributed by atoms with Gasteiger partial charge < -0.3 is 14.8 Å². The molecule has 4 aromatic rings. The van der Waals surface area contributed by atoms with Crippen molar-refractivity contribution < 1.29 is 9.47 Å². The number of thiazole rings is 1. The third kappa shape index (κ3) is 5.13. The molecule has 4 nitrogen and oxygen atoms in total. The molecule has 0 fully saturated rings. The summed E-state index contributed by atoms with van der Waals surface area (Å²) in [7, 11) is 1.66. The average Bonchev–Trinajstić information content (AvgIpc) is 3.30. The number of rotatable bonds is 9. The van der Waals surface area contributed by atoms with Crippen molar-refractivity contribution >= 4 is 11.3 Å². The van der Waals surface area contributed by atoms with Gasteiger partial charge in [-0.2, -0.15) is 0 Å². The van der Waals surface area contributed by atoms with Crippen LogP contribution < -0.4 is 14.8 Å². The highest BCUT2D eigenvalue weighted by molar-refractivity contribution is 7.13. The second-order valence-corrected chi connectivity index (χ2v) is 7.94. The number of aromatic nitrogens is 1. The van der Waals surface area contributed by atoms with Crippen LogP contribution in [0.3, 0.4) is 0 Å². The molecule has 0 aliphatic carbocycles. The summed E-state index contributed by atoms with van der Waals surface area (Å²) >= 11 is 1.64. The Kier molecular flexibility index (Phi) is 6.97. The molecule has 0 unspecified atom stereocenters. The quantitative estimate of drug-likeness (QED) is 0.349. The lowest BCUT2D eigenvalue weighted by atomic mass is 9.99. The predicted molar refractivity (Wildman–Crippen MR) is 127 cm³/mol. The smallest absolute Gasteiger partial charge is 0.161 e. The average molecular weight is 431 g/mol. The molecule has 0 atom stereocenters. The zero-order valence-corrected chi connectivity index (χ0v) is 18.6. The van der Waals surface area contributed by atoms with Crippen molar-refractivity contribution in [1.82, 2.24) is 10.3 Å². The highest BCUT2D eigenvalue weighted by Gasteiger charge is 2.15. The zero-order valence-electron chi connectivity index (χ0n) is 17.7. The van der Waals surface area contributed by atoms with Crippen LogP contribution >= 0.6 is 11.3 Å². The van der Waals surface area contributed by atoms with E-state index >= 15 is 0 Å². The predicted octanol–water partition coefficient (Wildman–Crippen LogP) is 6.10. The molecular weight excluding hydrogens is 404 g/mol. The number of hydrogen-bond acceptors (Lipinski definition) is 5. The molecule has 158 valence electrons. The molecule has 0 radical (unpaired) electrons. The van der Waals surface area contributed by atoms with Gasteiger partial charge in [0.25, 0.3) is 0 Å². The lowest BCUT2D eigenvalue weighted by Gasteiger charge is -2.19. The molecular formula is C26H26N2O2S. The summed E-state index contributed by atoms with van der Waals surface area (Å²) in [6, 6.07) is 27.1. The van der Waals surface area contributed by atoms with Gasteiger partial charge >= 0.3 is 0 Å². The molecule has 3 aromatic carbocycles. The number of methoxy groups -OCH3 is 1. The minimum absolute atomic E-state index is 0.109. The minimum Gasteiger partial charge on any atom is -0.493 e. The molecule has 0 aliphatic rings. The summed E-state index contributed by atoms with van der Waals surface area (Å²) in [5.41, 5.74) is 4.52. The first-order valence-electron chi connectivity index (χ1n) is 10.4. The number of benzene rings is 3. The van der Waals surface area contributed by atoms with E-state index in [0.29, 0.717) is 13.2 Å². The number of ether oxygens (including phenoxy) is 2. The van der Waals surface area contributed by atoms with Gasteiger partial charge in [0.15, 0.2) is 11.5 Å². The molecule has 0 amide bonds. The SMILES string of the molecule is CCOc1ccc(-c2nc(CNC(c3ccccc3)c3ccccc3)cs2)cc1OC. The van der Waals surface area contributed by atoms with Crippen LogP contribution in [0.5, 0.6) is 11.5 Å². The molecule has 0 saturated carbocycles. The van der Waals surface area contributed by atoms with Gasteiger partial charge in [-0.3, -0.25) is 0 Å². The van der Waals surface area contributed by atoms with Crippen LogP contribution in [0.1, 0.15) is 29.8 Å². The van der Waals surface area contributed by atoms with Crippen LogP contribution in [0, 0.1) is 0 Å². The number of nitrogens with zero attached hydrogens (tertiary/aromatic N) is 1. The van der Waals surface area contributed by atoms with E-state index in [1.165, 1.54) is 11.1 Å². The van der Waals surface area contributed by atoms with Gasteiger partial charge in [-0.1, -0.05) is 60.7 Å². The molecule has 0 saturated heterocycles. The standard InChI is InChI=1S/C26H26N2O2S/c1-3-30-23-15-14-21(16-24(23)29-2)26-28-22(18-31-26)17-27-25(19-10-6-4-7-11-19)20-12-8-5-9-13-20/h4-16,18,25,27H,3,17H2,1-2H3. The lowest BCUT2D eigenvalue weighted by molar-refractivity contribution is 0.311. The van der Waals surface area contributed by atoms with Crippen molar-refractivity contribution in [2.45, 2.75) is 19.5 Å². The zero-order chi connectivity index (χ0) is 21.5. The third-order valence-corrected chi connectivity index (χ3v) is 5.96. The van der Waals surface area contributed by atoms with E-state index in [-0.39, 0.29) is 6.04 Å². The van der Waals surface area contributed by atoms with Gasteiger partial charge in [-0.15, -0.1) is 11.3 Å². The van der Waals surface area contributed by atoms with Gasteiger partial charge in [0.1, 0.15) is 5.01 Å². The highest BCUT2D eigenvalue weighted by Crippen LogP contribution is 2.34. The van der Waals surface area contributed by atoms with E-state index in [1.54, 1.807) is 18.4 Å². The monoisotopic (exact) mass is 430 g/mol. The molecule has 1 N–H and O–H groups in total. The summed E-state index contributed by atoms with van der Waals surface area (Å²) < 4.78 is 11.1. The Morgan fingerprint density at radius 1 is 0.903 bits per heavy atom. The fraction of sp³-hybridized carbons (Fsp3) is 0.192. The minimum atomic E-state index is 0.109. The normalized spacial score (nSPS) is 10.9. The van der Waals surface area contributed by atoms with Crippen molar-refractivity contribution in [3.8, 4) is 22.1 Å². The molecule has 0 spiro atoms. The van der Waals surface area contributed by atoms with Crippen LogP contribution in [-0.4, -0.2) is 18.7 Å². The van der Waals surface area contributed by atoms with E-state index in [0.717, 1.165) is 27.8 Å². The first-order chi connectivity index (χ1) is 15.3. The Balaban J connectivity index is 1.52. The van der Waals surface area contributed by atoms with Gasteiger partial charge in [0.2, 0.25) is 0 Å². The van der Waals surface area contributed by atoms with E-state index in [4.69, 9.17) is 14.5 Å². The van der Waals surface area contributed by atoms with E-state index in [9.17, 15) is 0 Å². The second kappa shape index (κ2) is 10.2. The number of nitrogens with one attached hydrogen (secondary N) is 1. The summed E-state index contributed by atoms with van der Waals surface area (Å²) in [4.78, 5) is 4.85. The van der Waals surface area contributed by atoms with Crippen molar-refractivity contribution in [2.24, 2.45) is 0 Å². The molecule has 31 heavy (non-hydrogen) atoms. The Labute approximate surface area is 187 Å². The molecule has 0 bridgehead atoms. The highest BCUT2D eigenvalue weighted by atomic mass is 32.1.